The molecule has 0 aliphatic rings. The summed E-state index contributed by atoms with van der Waals surface area (Å²) < 4.78 is 0. The maximum absolute atomic E-state index is 10.5. The maximum Gasteiger partial charge on any atom is 0.331 e. The van der Waals surface area contributed by atoms with Crippen molar-refractivity contribution >= 4 is 5.97 Å². The molecule has 0 saturated heterocycles. The molecular weight excluding hydrogens is 152 g/mol. The van der Waals surface area contributed by atoms with Crippen molar-refractivity contribution in [3.8, 4) is 0 Å². The Kier molecular flexibility index (Phi) is 5.09. The van der Waals surface area contributed by atoms with Gasteiger partial charge in [-0.05, 0) is 25.8 Å². The summed E-state index contributed by atoms with van der Waals surface area (Å²) in [5.74, 6) is -0.842. The molecule has 68 valence electrons. The highest BCUT2D eigenvalue weighted by Crippen LogP contribution is 2.07. The predicted molar refractivity (Wildman–Crippen MR) is 50.1 cm³/mol. The summed E-state index contributed by atoms with van der Waals surface area (Å²) >= 11 is 0. The molecule has 0 atom stereocenters. The van der Waals surface area contributed by atoms with Gasteiger partial charge in [0.25, 0.3) is 0 Å². The van der Waals surface area contributed by atoms with Gasteiger partial charge in [-0.2, -0.15) is 0 Å². The minimum atomic E-state index is -0.842. The van der Waals surface area contributed by atoms with Crippen LogP contribution in [0.1, 0.15) is 33.6 Å². The first-order chi connectivity index (χ1) is 5.61. The number of carbonyl (C=O) groups is 1. The number of hydrogen-bond acceptors (Lipinski definition) is 1. The number of allylic oxidation sites excluding steroid dienone is 3. The van der Waals surface area contributed by atoms with Crippen molar-refractivity contribution in [2.45, 2.75) is 33.6 Å². The molecule has 12 heavy (non-hydrogen) atoms. The Balaban J connectivity index is 4.47. The van der Waals surface area contributed by atoms with E-state index >= 15 is 0 Å². The zero-order valence-corrected chi connectivity index (χ0v) is 7.92. The van der Waals surface area contributed by atoms with Gasteiger partial charge in [-0.1, -0.05) is 25.5 Å². The summed E-state index contributed by atoms with van der Waals surface area (Å²) in [7, 11) is 0. The summed E-state index contributed by atoms with van der Waals surface area (Å²) in [5, 5.41) is 8.60. The molecule has 0 saturated carbocycles. The first-order valence-corrected chi connectivity index (χ1v) is 4.22. The lowest BCUT2D eigenvalue weighted by atomic mass is 10.1. The Morgan fingerprint density at radius 1 is 1.42 bits per heavy atom. The molecule has 2 heteroatoms. The van der Waals surface area contributed by atoms with Crippen LogP contribution < -0.4 is 0 Å². The zero-order chi connectivity index (χ0) is 9.56. The van der Waals surface area contributed by atoms with E-state index < -0.39 is 5.97 Å². The van der Waals surface area contributed by atoms with Gasteiger partial charge in [0.2, 0.25) is 0 Å². The van der Waals surface area contributed by atoms with Crippen molar-refractivity contribution in [3.05, 3.63) is 23.3 Å². The lowest BCUT2D eigenvalue weighted by Crippen LogP contribution is -1.96. The molecule has 0 aromatic heterocycles. The Morgan fingerprint density at radius 2 is 2.00 bits per heavy atom. The molecule has 0 aromatic rings. The van der Waals surface area contributed by atoms with Crippen LogP contribution in [0, 0.1) is 0 Å². The van der Waals surface area contributed by atoms with Crippen LogP contribution >= 0.6 is 0 Å². The van der Waals surface area contributed by atoms with Crippen LogP contribution in [0.5, 0.6) is 0 Å². The highest BCUT2D eigenvalue weighted by Gasteiger charge is 1.99. The average molecular weight is 168 g/mol. The predicted octanol–water partition coefficient (Wildman–Crippen LogP) is 2.76. The van der Waals surface area contributed by atoms with E-state index in [4.69, 9.17) is 5.11 Å². The molecule has 0 fully saturated rings. The van der Waals surface area contributed by atoms with Gasteiger partial charge in [-0.3, -0.25) is 0 Å². The van der Waals surface area contributed by atoms with E-state index in [1.54, 1.807) is 13.0 Å². The van der Waals surface area contributed by atoms with E-state index in [1.807, 2.05) is 19.9 Å². The van der Waals surface area contributed by atoms with E-state index in [1.165, 1.54) is 0 Å². The Hall–Kier alpha value is -1.05. The molecule has 2 nitrogen and oxygen atoms in total. The SMILES string of the molecule is CC/C=C(/C=C(\C)C(=O)O)CC. The van der Waals surface area contributed by atoms with Crippen molar-refractivity contribution in [3.63, 3.8) is 0 Å². The molecular formula is C10H16O2. The van der Waals surface area contributed by atoms with Gasteiger partial charge in [-0.25, -0.2) is 4.79 Å². The molecule has 0 rings (SSSR count). The summed E-state index contributed by atoms with van der Waals surface area (Å²) in [6, 6.07) is 0. The fourth-order valence-electron chi connectivity index (χ4n) is 0.907. The van der Waals surface area contributed by atoms with Crippen LogP contribution in [0.3, 0.4) is 0 Å². The molecule has 0 radical (unpaired) electrons. The first-order valence-electron chi connectivity index (χ1n) is 4.22. The number of carboxylic acid groups (broad SMARTS) is 1. The summed E-state index contributed by atoms with van der Waals surface area (Å²) in [6.45, 7) is 5.67. The van der Waals surface area contributed by atoms with Crippen LogP contribution in [0.15, 0.2) is 23.3 Å². The van der Waals surface area contributed by atoms with Gasteiger partial charge < -0.3 is 5.11 Å². The number of aliphatic carboxylic acids is 1. The van der Waals surface area contributed by atoms with Gasteiger partial charge in [-0.15, -0.1) is 0 Å². The molecule has 0 aliphatic carbocycles. The van der Waals surface area contributed by atoms with Gasteiger partial charge in [0.1, 0.15) is 0 Å². The van der Waals surface area contributed by atoms with Crippen LogP contribution in [-0.4, -0.2) is 11.1 Å². The Morgan fingerprint density at radius 3 is 2.33 bits per heavy atom. The minimum Gasteiger partial charge on any atom is -0.478 e. The topological polar surface area (TPSA) is 37.3 Å². The molecule has 0 amide bonds. The van der Waals surface area contributed by atoms with Crippen LogP contribution in [0.4, 0.5) is 0 Å². The first kappa shape index (κ1) is 11.0. The van der Waals surface area contributed by atoms with E-state index in [2.05, 4.69) is 0 Å². The van der Waals surface area contributed by atoms with Crippen molar-refractivity contribution in [2.24, 2.45) is 0 Å². The van der Waals surface area contributed by atoms with Gasteiger partial charge >= 0.3 is 5.97 Å². The van der Waals surface area contributed by atoms with Gasteiger partial charge in [0.05, 0.1) is 0 Å². The second-order valence-electron chi connectivity index (χ2n) is 2.67. The van der Waals surface area contributed by atoms with Gasteiger partial charge in [0.15, 0.2) is 0 Å². The molecule has 0 aliphatic heterocycles. The average Bonchev–Trinajstić information content (AvgIpc) is 2.03. The largest absolute Gasteiger partial charge is 0.478 e. The van der Waals surface area contributed by atoms with E-state index in [0.717, 1.165) is 18.4 Å². The fraction of sp³-hybridized carbons (Fsp3) is 0.500. The van der Waals surface area contributed by atoms with Crippen molar-refractivity contribution in [1.29, 1.82) is 0 Å². The zero-order valence-electron chi connectivity index (χ0n) is 7.92. The van der Waals surface area contributed by atoms with E-state index in [-0.39, 0.29) is 0 Å². The quantitative estimate of drug-likeness (QED) is 0.517. The number of rotatable bonds is 4. The monoisotopic (exact) mass is 168 g/mol. The molecule has 0 spiro atoms. The Labute approximate surface area is 73.6 Å². The highest BCUT2D eigenvalue weighted by atomic mass is 16.4. The normalized spacial score (nSPS) is 13.2. The number of carboxylic acids is 1. The third-order valence-electron chi connectivity index (χ3n) is 1.61. The third kappa shape index (κ3) is 3.96. The van der Waals surface area contributed by atoms with Gasteiger partial charge in [0, 0.05) is 5.57 Å². The van der Waals surface area contributed by atoms with Crippen LogP contribution in [0.25, 0.3) is 0 Å². The van der Waals surface area contributed by atoms with Crippen LogP contribution in [0.2, 0.25) is 0 Å². The second kappa shape index (κ2) is 5.58. The smallest absolute Gasteiger partial charge is 0.331 e. The fourth-order valence-corrected chi connectivity index (χ4v) is 0.907. The molecule has 1 N–H and O–H groups in total. The molecule has 0 heterocycles. The lowest BCUT2D eigenvalue weighted by molar-refractivity contribution is -0.132. The number of hydrogen-bond donors (Lipinski definition) is 1. The Bertz CT molecular complexity index is 212. The minimum absolute atomic E-state index is 0.400. The third-order valence-corrected chi connectivity index (χ3v) is 1.61. The highest BCUT2D eigenvalue weighted by molar-refractivity contribution is 5.86. The maximum atomic E-state index is 10.5. The van der Waals surface area contributed by atoms with Crippen molar-refractivity contribution < 1.29 is 9.90 Å². The summed E-state index contributed by atoms with van der Waals surface area (Å²) in [5.41, 5.74) is 1.49. The van der Waals surface area contributed by atoms with Crippen molar-refractivity contribution in [1.82, 2.24) is 0 Å². The van der Waals surface area contributed by atoms with Crippen molar-refractivity contribution in [2.75, 3.05) is 0 Å². The van der Waals surface area contributed by atoms with E-state index in [0.29, 0.717) is 5.57 Å². The van der Waals surface area contributed by atoms with Crippen LogP contribution in [-0.2, 0) is 4.79 Å². The van der Waals surface area contributed by atoms with E-state index in [9.17, 15) is 4.79 Å². The second-order valence-corrected chi connectivity index (χ2v) is 2.67. The molecule has 0 bridgehead atoms. The lowest BCUT2D eigenvalue weighted by Gasteiger charge is -1.97. The summed E-state index contributed by atoms with van der Waals surface area (Å²) in [4.78, 5) is 10.5. The molecule has 0 aromatic carbocycles. The molecule has 0 unspecified atom stereocenters. The standard InChI is InChI=1S/C10H16O2/c1-4-6-9(5-2)7-8(3)10(11)12/h6-7H,4-5H2,1-3H3,(H,11,12)/b8-7+,9-6+. The summed E-state index contributed by atoms with van der Waals surface area (Å²) in [6.07, 6.45) is 5.61.